The molecule has 0 fully saturated rings. The minimum Gasteiger partial charge on any atom is -0.241 e. The number of hydrogen-bond donors (Lipinski definition) is 0. The molecule has 0 unspecified atom stereocenters. The van der Waals surface area contributed by atoms with E-state index >= 15 is 0 Å². The van der Waals surface area contributed by atoms with E-state index < -0.39 is 5.92 Å². The number of nitrogens with zero attached hydrogens (tertiary/aromatic N) is 2. The van der Waals surface area contributed by atoms with Crippen molar-refractivity contribution < 1.29 is 8.78 Å². The van der Waals surface area contributed by atoms with Crippen LogP contribution in [0.1, 0.15) is 23.4 Å². The molecule has 0 aromatic carbocycles. The molecule has 0 aliphatic heterocycles. The molecule has 0 amide bonds. The Hall–Kier alpha value is -1.06. The van der Waals surface area contributed by atoms with Gasteiger partial charge in [-0.1, -0.05) is 0 Å². The molecule has 1 aromatic rings. The largest absolute Gasteiger partial charge is 0.252 e. The van der Waals surface area contributed by atoms with E-state index in [0.717, 1.165) is 5.69 Å². The van der Waals surface area contributed by atoms with Gasteiger partial charge in [-0.25, -0.2) is 18.7 Å². The Morgan fingerprint density at radius 1 is 1.38 bits per heavy atom. The van der Waals surface area contributed by atoms with E-state index in [2.05, 4.69) is 9.97 Å². The number of alkyl halides is 2. The zero-order valence-corrected chi connectivity index (χ0v) is 7.35. The summed E-state index contributed by atoms with van der Waals surface area (Å²) < 4.78 is 26.0. The average molecular weight is 184 g/mol. The first kappa shape index (κ1) is 8.53. The second-order valence-corrected chi connectivity index (χ2v) is 3.42. The number of aromatic nitrogens is 2. The van der Waals surface area contributed by atoms with Crippen molar-refractivity contribution in [2.24, 2.45) is 0 Å². The second kappa shape index (κ2) is 2.72. The molecule has 0 radical (unpaired) electrons. The summed E-state index contributed by atoms with van der Waals surface area (Å²) in [7, 11) is 0. The minimum absolute atomic E-state index is 0.0869. The number of halogens is 2. The maximum absolute atomic E-state index is 13.0. The first-order chi connectivity index (χ1) is 6.08. The highest BCUT2D eigenvalue weighted by Crippen LogP contribution is 2.32. The SMILES string of the molecule is Cc1ncnc2c1CC(F)(F)CC2. The van der Waals surface area contributed by atoms with Crippen LogP contribution >= 0.6 is 0 Å². The fourth-order valence-electron chi connectivity index (χ4n) is 1.64. The van der Waals surface area contributed by atoms with Crippen LogP contribution in [0, 0.1) is 6.92 Å². The van der Waals surface area contributed by atoms with Gasteiger partial charge in [0.1, 0.15) is 6.33 Å². The average Bonchev–Trinajstić information content (AvgIpc) is 2.06. The van der Waals surface area contributed by atoms with E-state index in [4.69, 9.17) is 0 Å². The van der Waals surface area contributed by atoms with E-state index in [9.17, 15) is 8.78 Å². The molecule has 1 aliphatic rings. The van der Waals surface area contributed by atoms with Gasteiger partial charge in [-0.3, -0.25) is 0 Å². The summed E-state index contributed by atoms with van der Waals surface area (Å²) in [6.07, 6.45) is 1.52. The number of rotatable bonds is 0. The lowest BCUT2D eigenvalue weighted by atomic mass is 9.92. The summed E-state index contributed by atoms with van der Waals surface area (Å²) in [6, 6.07) is 0. The quantitative estimate of drug-likeness (QED) is 0.615. The summed E-state index contributed by atoms with van der Waals surface area (Å²) in [4.78, 5) is 7.91. The Labute approximate surface area is 75.0 Å². The molecule has 0 N–H and O–H groups in total. The van der Waals surface area contributed by atoms with Crippen LogP contribution in [0.15, 0.2) is 6.33 Å². The highest BCUT2D eigenvalue weighted by atomic mass is 19.3. The topological polar surface area (TPSA) is 25.8 Å². The Kier molecular flexibility index (Phi) is 1.78. The zero-order valence-electron chi connectivity index (χ0n) is 7.35. The third kappa shape index (κ3) is 1.53. The van der Waals surface area contributed by atoms with Crippen LogP contribution in [0.5, 0.6) is 0 Å². The third-order valence-electron chi connectivity index (χ3n) is 2.41. The number of fused-ring (bicyclic) bond motifs is 1. The molecule has 13 heavy (non-hydrogen) atoms. The zero-order chi connectivity index (χ0) is 9.47. The van der Waals surface area contributed by atoms with Crippen molar-refractivity contribution in [3.8, 4) is 0 Å². The molecule has 70 valence electrons. The molecule has 1 heterocycles. The van der Waals surface area contributed by atoms with E-state index in [-0.39, 0.29) is 12.8 Å². The van der Waals surface area contributed by atoms with Crippen LogP contribution in [0.4, 0.5) is 8.78 Å². The van der Waals surface area contributed by atoms with Crippen LogP contribution in [-0.4, -0.2) is 15.9 Å². The molecule has 1 aliphatic carbocycles. The van der Waals surface area contributed by atoms with E-state index in [1.54, 1.807) is 6.92 Å². The summed E-state index contributed by atoms with van der Waals surface area (Å²) in [5.41, 5.74) is 2.11. The molecule has 1 aromatic heterocycles. The van der Waals surface area contributed by atoms with Crippen molar-refractivity contribution in [2.45, 2.75) is 32.1 Å². The van der Waals surface area contributed by atoms with Crippen molar-refractivity contribution in [1.29, 1.82) is 0 Å². The van der Waals surface area contributed by atoms with Crippen molar-refractivity contribution in [3.05, 3.63) is 23.3 Å². The molecular formula is C9H10F2N2. The van der Waals surface area contributed by atoms with Gasteiger partial charge in [0.15, 0.2) is 0 Å². The van der Waals surface area contributed by atoms with Gasteiger partial charge in [-0.05, 0) is 13.3 Å². The van der Waals surface area contributed by atoms with Gasteiger partial charge in [0, 0.05) is 29.8 Å². The first-order valence-electron chi connectivity index (χ1n) is 4.26. The molecular weight excluding hydrogens is 174 g/mol. The summed E-state index contributed by atoms with van der Waals surface area (Å²) >= 11 is 0. The predicted octanol–water partition coefficient (Wildman–Crippen LogP) is 1.91. The molecule has 0 spiro atoms. The Morgan fingerprint density at radius 2 is 2.15 bits per heavy atom. The van der Waals surface area contributed by atoms with Gasteiger partial charge in [-0.15, -0.1) is 0 Å². The van der Waals surface area contributed by atoms with Crippen molar-refractivity contribution in [3.63, 3.8) is 0 Å². The Balaban J connectivity index is 2.44. The highest BCUT2D eigenvalue weighted by molar-refractivity contribution is 5.27. The maximum atomic E-state index is 13.0. The van der Waals surface area contributed by atoms with Gasteiger partial charge < -0.3 is 0 Å². The number of aryl methyl sites for hydroxylation is 2. The van der Waals surface area contributed by atoms with E-state index in [1.165, 1.54) is 6.33 Å². The summed E-state index contributed by atoms with van der Waals surface area (Å²) in [5, 5.41) is 0. The Bertz CT molecular complexity index is 336. The van der Waals surface area contributed by atoms with Crippen LogP contribution < -0.4 is 0 Å². The lowest BCUT2D eigenvalue weighted by Crippen LogP contribution is -2.27. The lowest BCUT2D eigenvalue weighted by molar-refractivity contribution is -0.0131. The van der Waals surface area contributed by atoms with Crippen molar-refractivity contribution in [2.75, 3.05) is 0 Å². The van der Waals surface area contributed by atoms with Gasteiger partial charge in [-0.2, -0.15) is 0 Å². The minimum atomic E-state index is -2.57. The molecule has 0 saturated heterocycles. The van der Waals surface area contributed by atoms with Crippen LogP contribution in [0.3, 0.4) is 0 Å². The second-order valence-electron chi connectivity index (χ2n) is 3.42. The fourth-order valence-corrected chi connectivity index (χ4v) is 1.64. The smallest absolute Gasteiger partial charge is 0.241 e. The molecule has 2 nitrogen and oxygen atoms in total. The van der Waals surface area contributed by atoms with E-state index in [0.29, 0.717) is 17.7 Å². The standard InChI is InChI=1S/C9H10F2N2/c1-6-7-4-9(10,11)3-2-8(7)13-5-12-6/h5H,2-4H2,1H3. The normalized spacial score (nSPS) is 19.6. The van der Waals surface area contributed by atoms with Gasteiger partial charge in [0.05, 0.1) is 0 Å². The van der Waals surface area contributed by atoms with Crippen molar-refractivity contribution >= 4 is 0 Å². The summed E-state index contributed by atoms with van der Waals surface area (Å²) in [6.45, 7) is 1.75. The van der Waals surface area contributed by atoms with Crippen LogP contribution in [0.2, 0.25) is 0 Å². The highest BCUT2D eigenvalue weighted by Gasteiger charge is 2.35. The molecule has 0 bridgehead atoms. The monoisotopic (exact) mass is 184 g/mol. The molecule has 0 saturated carbocycles. The van der Waals surface area contributed by atoms with Gasteiger partial charge in [0.25, 0.3) is 5.92 Å². The molecule has 4 heteroatoms. The van der Waals surface area contributed by atoms with E-state index in [1.807, 2.05) is 0 Å². The fraction of sp³-hybridized carbons (Fsp3) is 0.556. The maximum Gasteiger partial charge on any atom is 0.252 e. The predicted molar refractivity (Wildman–Crippen MR) is 43.7 cm³/mol. The van der Waals surface area contributed by atoms with Crippen LogP contribution in [0.25, 0.3) is 0 Å². The van der Waals surface area contributed by atoms with Gasteiger partial charge in [0.2, 0.25) is 0 Å². The van der Waals surface area contributed by atoms with Crippen LogP contribution in [-0.2, 0) is 12.8 Å². The van der Waals surface area contributed by atoms with Crippen molar-refractivity contribution in [1.82, 2.24) is 9.97 Å². The summed E-state index contributed by atoms with van der Waals surface area (Å²) in [5.74, 6) is -2.57. The third-order valence-corrected chi connectivity index (χ3v) is 2.41. The number of hydrogen-bond acceptors (Lipinski definition) is 2. The lowest BCUT2D eigenvalue weighted by Gasteiger charge is -2.23. The molecule has 2 rings (SSSR count). The van der Waals surface area contributed by atoms with Gasteiger partial charge >= 0.3 is 0 Å². The molecule has 0 atom stereocenters. The first-order valence-corrected chi connectivity index (χ1v) is 4.26. The Morgan fingerprint density at radius 3 is 2.92 bits per heavy atom.